The summed E-state index contributed by atoms with van der Waals surface area (Å²) in [5.74, 6) is 1.00. The van der Waals surface area contributed by atoms with Gasteiger partial charge in [-0.15, -0.1) is 23.2 Å². The minimum absolute atomic E-state index is 0.0351. The summed E-state index contributed by atoms with van der Waals surface area (Å²) in [6, 6.07) is 0. The quantitative estimate of drug-likeness (QED) is 0.358. The summed E-state index contributed by atoms with van der Waals surface area (Å²) < 4.78 is 5.52. The number of hydrogen-bond acceptors (Lipinski definition) is 1. The Balaban J connectivity index is 3.03. The van der Waals surface area contributed by atoms with Gasteiger partial charge in [0.1, 0.15) is 0 Å². The maximum atomic E-state index is 5.67. The molecular weight excluding hydrogens is 243 g/mol. The van der Waals surface area contributed by atoms with Gasteiger partial charge >= 0.3 is 0 Å². The lowest BCUT2D eigenvalue weighted by atomic mass is 10.1. The Morgan fingerprint density at radius 1 is 0.812 bits per heavy atom. The largest absolute Gasteiger partial charge is 0.376 e. The molecule has 98 valence electrons. The highest BCUT2D eigenvalue weighted by Crippen LogP contribution is 2.09. The fourth-order valence-corrected chi connectivity index (χ4v) is 2.12. The topological polar surface area (TPSA) is 9.23 Å². The van der Waals surface area contributed by atoms with Crippen LogP contribution in [-0.4, -0.2) is 24.5 Å². The Morgan fingerprint density at radius 3 is 1.81 bits per heavy atom. The molecule has 0 aliphatic carbocycles. The van der Waals surface area contributed by atoms with Crippen LogP contribution in [0.4, 0.5) is 0 Å². The van der Waals surface area contributed by atoms with Crippen LogP contribution in [0.5, 0.6) is 0 Å². The van der Waals surface area contributed by atoms with Gasteiger partial charge in [-0.25, -0.2) is 0 Å². The fraction of sp³-hybridized carbons (Fsp3) is 1.00. The fourth-order valence-electron chi connectivity index (χ4n) is 1.62. The van der Waals surface area contributed by atoms with Crippen LogP contribution in [-0.2, 0) is 4.74 Å². The lowest BCUT2D eigenvalue weighted by Gasteiger charge is -2.11. The number of alkyl halides is 2. The molecule has 0 N–H and O–H groups in total. The molecule has 0 aliphatic heterocycles. The molecule has 1 nitrogen and oxygen atoms in total. The van der Waals surface area contributed by atoms with Gasteiger partial charge in [0, 0.05) is 18.4 Å². The number of halogens is 2. The normalized spacial score (nSPS) is 11.2. The summed E-state index contributed by atoms with van der Waals surface area (Å²) in [4.78, 5) is 0. The molecule has 16 heavy (non-hydrogen) atoms. The highest BCUT2D eigenvalue weighted by Gasteiger charge is 2.04. The van der Waals surface area contributed by atoms with Crippen LogP contribution >= 0.6 is 23.2 Å². The molecular formula is C13H26Cl2O. The Hall–Kier alpha value is 0.540. The molecule has 0 aromatic carbocycles. The minimum atomic E-state index is 0.0351. The summed E-state index contributed by atoms with van der Waals surface area (Å²) in [6.07, 6.45) is 10.6. The van der Waals surface area contributed by atoms with E-state index in [4.69, 9.17) is 27.9 Å². The molecule has 0 unspecified atom stereocenters. The Morgan fingerprint density at radius 2 is 1.31 bits per heavy atom. The summed E-state index contributed by atoms with van der Waals surface area (Å²) in [6.45, 7) is 3.06. The lowest BCUT2D eigenvalue weighted by Crippen LogP contribution is -2.17. The van der Waals surface area contributed by atoms with E-state index in [1.165, 1.54) is 44.9 Å². The zero-order valence-electron chi connectivity index (χ0n) is 10.5. The van der Waals surface area contributed by atoms with Crippen LogP contribution in [0.25, 0.3) is 0 Å². The molecule has 0 saturated heterocycles. The molecule has 0 aromatic rings. The van der Waals surface area contributed by atoms with Gasteiger partial charge in [0.05, 0.1) is 6.10 Å². The summed E-state index contributed by atoms with van der Waals surface area (Å²) in [7, 11) is 0. The number of rotatable bonds is 12. The molecule has 0 aliphatic rings. The van der Waals surface area contributed by atoms with Crippen molar-refractivity contribution in [2.45, 2.75) is 64.4 Å². The zero-order valence-corrected chi connectivity index (χ0v) is 12.0. The first kappa shape index (κ1) is 16.5. The van der Waals surface area contributed by atoms with E-state index in [1.807, 2.05) is 0 Å². The second-order valence-electron chi connectivity index (χ2n) is 4.28. The predicted molar refractivity (Wildman–Crippen MR) is 73.8 cm³/mol. The second-order valence-corrected chi connectivity index (χ2v) is 4.89. The highest BCUT2D eigenvalue weighted by molar-refractivity contribution is 6.21. The van der Waals surface area contributed by atoms with Crippen molar-refractivity contribution in [2.24, 2.45) is 0 Å². The standard InChI is InChI=1S/C13H26Cl2O/c1-2-3-4-5-6-7-8-9-10-16-13(11-14)12-15/h13H,2-12H2,1H3. The van der Waals surface area contributed by atoms with E-state index in [-0.39, 0.29) is 6.10 Å². The van der Waals surface area contributed by atoms with Gasteiger partial charge in [0.25, 0.3) is 0 Å². The summed E-state index contributed by atoms with van der Waals surface area (Å²) in [5.41, 5.74) is 0. The molecule has 0 bridgehead atoms. The molecule has 0 fully saturated rings. The zero-order chi connectivity index (χ0) is 12.1. The van der Waals surface area contributed by atoms with E-state index in [0.29, 0.717) is 11.8 Å². The van der Waals surface area contributed by atoms with Crippen LogP contribution in [0.15, 0.2) is 0 Å². The van der Waals surface area contributed by atoms with Crippen molar-refractivity contribution in [1.29, 1.82) is 0 Å². The molecule has 3 heteroatoms. The number of unbranched alkanes of at least 4 members (excludes halogenated alkanes) is 7. The van der Waals surface area contributed by atoms with Crippen LogP contribution in [0.2, 0.25) is 0 Å². The maximum absolute atomic E-state index is 5.67. The average molecular weight is 269 g/mol. The Kier molecular flexibility index (Phi) is 14.1. The van der Waals surface area contributed by atoms with Crippen molar-refractivity contribution < 1.29 is 4.74 Å². The van der Waals surface area contributed by atoms with E-state index >= 15 is 0 Å². The SMILES string of the molecule is CCCCCCCCCCOC(CCl)CCl. The van der Waals surface area contributed by atoms with E-state index in [0.717, 1.165) is 13.0 Å². The van der Waals surface area contributed by atoms with Crippen molar-refractivity contribution in [2.75, 3.05) is 18.4 Å². The third kappa shape index (κ3) is 11.0. The lowest BCUT2D eigenvalue weighted by molar-refractivity contribution is 0.0800. The van der Waals surface area contributed by atoms with Crippen LogP contribution in [0.3, 0.4) is 0 Å². The molecule has 0 saturated carbocycles. The van der Waals surface area contributed by atoms with Gasteiger partial charge in [-0.05, 0) is 6.42 Å². The number of hydrogen-bond donors (Lipinski definition) is 0. The van der Waals surface area contributed by atoms with Crippen LogP contribution in [0, 0.1) is 0 Å². The first-order valence-corrected chi connectivity index (χ1v) is 7.65. The number of ether oxygens (including phenoxy) is 1. The van der Waals surface area contributed by atoms with Gasteiger partial charge in [-0.2, -0.15) is 0 Å². The second kappa shape index (κ2) is 13.6. The third-order valence-electron chi connectivity index (χ3n) is 2.70. The van der Waals surface area contributed by atoms with Crippen molar-refractivity contribution in [3.63, 3.8) is 0 Å². The van der Waals surface area contributed by atoms with Crippen molar-refractivity contribution in [3.05, 3.63) is 0 Å². The molecule has 0 radical (unpaired) electrons. The minimum Gasteiger partial charge on any atom is -0.376 e. The molecule has 0 rings (SSSR count). The van der Waals surface area contributed by atoms with E-state index < -0.39 is 0 Å². The predicted octanol–water partition coefficient (Wildman–Crippen LogP) is 4.99. The Labute approximate surface area is 111 Å². The first-order valence-electron chi connectivity index (χ1n) is 6.58. The molecule has 0 amide bonds. The maximum Gasteiger partial charge on any atom is 0.0845 e. The van der Waals surface area contributed by atoms with Crippen LogP contribution < -0.4 is 0 Å². The van der Waals surface area contributed by atoms with Gasteiger partial charge in [-0.1, -0.05) is 51.9 Å². The van der Waals surface area contributed by atoms with Crippen molar-refractivity contribution in [1.82, 2.24) is 0 Å². The highest BCUT2D eigenvalue weighted by atomic mass is 35.5. The molecule has 0 atom stereocenters. The van der Waals surface area contributed by atoms with Gasteiger partial charge in [-0.3, -0.25) is 0 Å². The van der Waals surface area contributed by atoms with Crippen molar-refractivity contribution in [3.8, 4) is 0 Å². The Bertz CT molecular complexity index is 127. The average Bonchev–Trinajstić information content (AvgIpc) is 2.32. The van der Waals surface area contributed by atoms with Gasteiger partial charge in [0.2, 0.25) is 0 Å². The summed E-state index contributed by atoms with van der Waals surface area (Å²) >= 11 is 11.3. The molecule has 0 aromatic heterocycles. The van der Waals surface area contributed by atoms with E-state index in [2.05, 4.69) is 6.92 Å². The van der Waals surface area contributed by atoms with Crippen LogP contribution in [0.1, 0.15) is 58.3 Å². The molecule has 0 spiro atoms. The van der Waals surface area contributed by atoms with E-state index in [1.54, 1.807) is 0 Å². The first-order chi connectivity index (χ1) is 7.85. The molecule has 0 heterocycles. The summed E-state index contributed by atoms with van der Waals surface area (Å²) in [5, 5.41) is 0. The van der Waals surface area contributed by atoms with Crippen molar-refractivity contribution >= 4 is 23.2 Å². The monoisotopic (exact) mass is 268 g/mol. The smallest absolute Gasteiger partial charge is 0.0845 e. The van der Waals surface area contributed by atoms with Gasteiger partial charge < -0.3 is 4.74 Å². The van der Waals surface area contributed by atoms with Gasteiger partial charge in [0.15, 0.2) is 0 Å². The third-order valence-corrected chi connectivity index (χ3v) is 3.38. The van der Waals surface area contributed by atoms with E-state index in [9.17, 15) is 0 Å².